The Morgan fingerprint density at radius 1 is 1.03 bits per heavy atom. The predicted octanol–water partition coefficient (Wildman–Crippen LogP) is 4.51. The van der Waals surface area contributed by atoms with Gasteiger partial charge < -0.3 is 10.1 Å². The van der Waals surface area contributed by atoms with Crippen molar-refractivity contribution in [3.05, 3.63) is 95.6 Å². The lowest BCUT2D eigenvalue weighted by Crippen LogP contribution is -2.45. The highest BCUT2D eigenvalue weighted by Crippen LogP contribution is 2.57. The van der Waals surface area contributed by atoms with E-state index >= 15 is 0 Å². The van der Waals surface area contributed by atoms with Crippen molar-refractivity contribution in [2.24, 2.45) is 5.92 Å². The van der Waals surface area contributed by atoms with Crippen LogP contribution in [0.5, 0.6) is 0 Å². The standard InChI is InChI=1S/C26H24N2O4/c1-3-31-24(29)22-23(18-15-13-17(2)14-16-18)28(19-9-5-4-6-10-19)32-26(22)20-11-7-8-12-21(20)27-25(26)30/h4-16,22-23H,3H2,1-2H3,(H,27,30)/t22-,23+,26?/m1/s1. The maximum atomic E-state index is 13.5. The zero-order valence-corrected chi connectivity index (χ0v) is 17.9. The van der Waals surface area contributed by atoms with Crippen molar-refractivity contribution >= 4 is 23.3 Å². The molecule has 0 aliphatic carbocycles. The number of carbonyl (C=O) groups is 2. The third-order valence-electron chi connectivity index (χ3n) is 6.13. The summed E-state index contributed by atoms with van der Waals surface area (Å²) in [7, 11) is 0. The van der Waals surface area contributed by atoms with Crippen LogP contribution in [0, 0.1) is 12.8 Å². The van der Waals surface area contributed by atoms with Crippen LogP contribution in [0.2, 0.25) is 0 Å². The van der Waals surface area contributed by atoms with Gasteiger partial charge in [-0.3, -0.25) is 14.4 Å². The maximum Gasteiger partial charge on any atom is 0.315 e. The van der Waals surface area contributed by atoms with Gasteiger partial charge in [-0.1, -0.05) is 66.2 Å². The minimum Gasteiger partial charge on any atom is -0.466 e. The monoisotopic (exact) mass is 428 g/mol. The molecule has 2 aliphatic heterocycles. The lowest BCUT2D eigenvalue weighted by molar-refractivity contribution is -0.161. The first-order valence-corrected chi connectivity index (χ1v) is 10.7. The van der Waals surface area contributed by atoms with Crippen LogP contribution in [-0.4, -0.2) is 18.5 Å². The van der Waals surface area contributed by atoms with Crippen molar-refractivity contribution in [2.75, 3.05) is 17.0 Å². The summed E-state index contributed by atoms with van der Waals surface area (Å²) in [6.45, 7) is 3.98. The highest BCUT2D eigenvalue weighted by Gasteiger charge is 2.67. The van der Waals surface area contributed by atoms with Crippen molar-refractivity contribution in [1.82, 2.24) is 0 Å². The van der Waals surface area contributed by atoms with E-state index in [0.29, 0.717) is 11.3 Å². The van der Waals surface area contributed by atoms with Crippen LogP contribution >= 0.6 is 0 Å². The highest BCUT2D eigenvalue weighted by atomic mass is 16.7. The molecule has 1 N–H and O–H groups in total. The molecule has 162 valence electrons. The maximum absolute atomic E-state index is 13.5. The molecule has 3 atom stereocenters. The van der Waals surface area contributed by atoms with E-state index in [1.165, 1.54) is 0 Å². The summed E-state index contributed by atoms with van der Waals surface area (Å²) in [4.78, 5) is 33.5. The number of ether oxygens (including phenoxy) is 1. The quantitative estimate of drug-likeness (QED) is 0.619. The molecule has 3 aromatic carbocycles. The van der Waals surface area contributed by atoms with E-state index in [1.807, 2.05) is 85.8 Å². The van der Waals surface area contributed by atoms with Gasteiger partial charge in [0.2, 0.25) is 5.60 Å². The molecule has 3 aromatic rings. The molecule has 6 heteroatoms. The third kappa shape index (κ3) is 2.99. The number of aryl methyl sites for hydroxylation is 1. The number of esters is 1. The number of amides is 1. The first kappa shape index (κ1) is 20.3. The fraction of sp³-hybridized carbons (Fsp3) is 0.231. The molecule has 0 saturated carbocycles. The molecule has 1 saturated heterocycles. The van der Waals surface area contributed by atoms with Crippen LogP contribution in [0.25, 0.3) is 0 Å². The fourth-order valence-corrected chi connectivity index (χ4v) is 4.69. The smallest absolute Gasteiger partial charge is 0.315 e. The molecule has 1 spiro atoms. The van der Waals surface area contributed by atoms with E-state index in [2.05, 4.69) is 5.32 Å². The molecule has 0 radical (unpaired) electrons. The normalized spacial score (nSPS) is 23.8. The van der Waals surface area contributed by atoms with E-state index in [9.17, 15) is 9.59 Å². The fourth-order valence-electron chi connectivity index (χ4n) is 4.69. The molecule has 32 heavy (non-hydrogen) atoms. The summed E-state index contributed by atoms with van der Waals surface area (Å²) in [5, 5.41) is 4.60. The summed E-state index contributed by atoms with van der Waals surface area (Å²) < 4.78 is 5.51. The number of hydrogen-bond acceptors (Lipinski definition) is 5. The topological polar surface area (TPSA) is 67.9 Å². The molecular formula is C26H24N2O4. The van der Waals surface area contributed by atoms with Crippen LogP contribution in [0.15, 0.2) is 78.9 Å². The van der Waals surface area contributed by atoms with Gasteiger partial charge in [0, 0.05) is 11.3 Å². The average Bonchev–Trinajstić information content (AvgIpc) is 3.31. The number of hydroxylamine groups is 1. The number of rotatable bonds is 4. The van der Waals surface area contributed by atoms with Gasteiger partial charge in [-0.2, -0.15) is 0 Å². The molecule has 1 fully saturated rings. The van der Waals surface area contributed by atoms with Gasteiger partial charge in [-0.15, -0.1) is 0 Å². The van der Waals surface area contributed by atoms with E-state index in [4.69, 9.17) is 9.57 Å². The number of benzene rings is 3. The van der Waals surface area contributed by atoms with Gasteiger partial charge in [-0.25, -0.2) is 5.06 Å². The van der Waals surface area contributed by atoms with E-state index in [1.54, 1.807) is 12.0 Å². The van der Waals surface area contributed by atoms with Gasteiger partial charge in [0.1, 0.15) is 5.92 Å². The number of anilines is 2. The molecule has 6 nitrogen and oxygen atoms in total. The largest absolute Gasteiger partial charge is 0.466 e. The van der Waals surface area contributed by atoms with Crippen LogP contribution in [0.3, 0.4) is 0 Å². The molecule has 5 rings (SSSR count). The van der Waals surface area contributed by atoms with Crippen LogP contribution in [-0.2, 0) is 24.8 Å². The minimum absolute atomic E-state index is 0.209. The van der Waals surface area contributed by atoms with Gasteiger partial charge >= 0.3 is 5.97 Å². The number of carbonyl (C=O) groups excluding carboxylic acids is 2. The number of nitrogens with one attached hydrogen (secondary N) is 1. The highest BCUT2D eigenvalue weighted by molar-refractivity contribution is 6.08. The second-order valence-electron chi connectivity index (χ2n) is 8.07. The zero-order chi connectivity index (χ0) is 22.3. The summed E-state index contributed by atoms with van der Waals surface area (Å²) >= 11 is 0. The summed E-state index contributed by atoms with van der Waals surface area (Å²) in [6, 6.07) is 24.2. The molecule has 1 amide bonds. The molecule has 1 unspecified atom stereocenters. The lowest BCUT2D eigenvalue weighted by atomic mass is 9.76. The van der Waals surface area contributed by atoms with Crippen molar-refractivity contribution in [2.45, 2.75) is 25.5 Å². The first-order chi connectivity index (χ1) is 15.6. The predicted molar refractivity (Wildman–Crippen MR) is 121 cm³/mol. The summed E-state index contributed by atoms with van der Waals surface area (Å²) in [5.74, 6) is -1.75. The van der Waals surface area contributed by atoms with Gasteiger partial charge in [0.15, 0.2) is 0 Å². The Morgan fingerprint density at radius 3 is 2.44 bits per heavy atom. The van der Waals surface area contributed by atoms with E-state index < -0.39 is 23.5 Å². The first-order valence-electron chi connectivity index (χ1n) is 10.7. The van der Waals surface area contributed by atoms with Gasteiger partial charge in [0.05, 0.1) is 18.3 Å². The Kier molecular flexibility index (Phi) is 4.94. The second-order valence-corrected chi connectivity index (χ2v) is 8.07. The molecule has 0 bridgehead atoms. The Labute approximate surface area is 186 Å². The molecule has 0 aromatic heterocycles. The summed E-state index contributed by atoms with van der Waals surface area (Å²) in [5.41, 5.74) is 2.47. The lowest BCUT2D eigenvalue weighted by Gasteiger charge is -2.27. The van der Waals surface area contributed by atoms with Gasteiger partial charge in [-0.05, 0) is 37.6 Å². The number of para-hydroxylation sites is 2. The Bertz CT molecular complexity index is 1160. The molecular weight excluding hydrogens is 404 g/mol. The Hall–Kier alpha value is -3.64. The Balaban J connectivity index is 1.75. The average molecular weight is 428 g/mol. The number of fused-ring (bicyclic) bond motifs is 2. The van der Waals surface area contributed by atoms with Crippen molar-refractivity contribution in [1.29, 1.82) is 0 Å². The van der Waals surface area contributed by atoms with E-state index in [-0.39, 0.29) is 12.5 Å². The SMILES string of the molecule is CCOC(=O)[C@H]1[C@H](c2ccc(C)cc2)N(c2ccccc2)OC12C(=O)Nc1ccccc12. The molecule has 2 aliphatic rings. The van der Waals surface area contributed by atoms with Crippen molar-refractivity contribution in [3.63, 3.8) is 0 Å². The second kappa shape index (κ2) is 7.80. The van der Waals surface area contributed by atoms with Gasteiger partial charge in [0.25, 0.3) is 5.91 Å². The van der Waals surface area contributed by atoms with Crippen molar-refractivity contribution < 1.29 is 19.2 Å². The van der Waals surface area contributed by atoms with Crippen LogP contribution in [0.4, 0.5) is 11.4 Å². The van der Waals surface area contributed by atoms with Crippen molar-refractivity contribution in [3.8, 4) is 0 Å². The third-order valence-corrected chi connectivity index (χ3v) is 6.13. The molecule has 2 heterocycles. The zero-order valence-electron chi connectivity index (χ0n) is 17.9. The minimum atomic E-state index is -1.53. The van der Waals surface area contributed by atoms with Crippen LogP contribution in [0.1, 0.15) is 29.7 Å². The summed E-state index contributed by atoms with van der Waals surface area (Å²) in [6.07, 6.45) is 0. The van der Waals surface area contributed by atoms with Crippen LogP contribution < -0.4 is 10.4 Å². The van der Waals surface area contributed by atoms with E-state index in [0.717, 1.165) is 16.8 Å². The number of hydrogen-bond donors (Lipinski definition) is 1. The number of nitrogens with zero attached hydrogens (tertiary/aromatic N) is 1. The Morgan fingerprint density at radius 2 is 1.72 bits per heavy atom.